The summed E-state index contributed by atoms with van der Waals surface area (Å²) < 4.78 is 5.42. The molecule has 1 saturated heterocycles. The summed E-state index contributed by atoms with van der Waals surface area (Å²) in [4.78, 5) is 13.9. The summed E-state index contributed by atoms with van der Waals surface area (Å²) in [6.45, 7) is 7.33. The fourth-order valence-corrected chi connectivity index (χ4v) is 2.94. The summed E-state index contributed by atoms with van der Waals surface area (Å²) in [5.41, 5.74) is 0.327. The first kappa shape index (κ1) is 16.4. The van der Waals surface area contributed by atoms with Crippen molar-refractivity contribution < 1.29 is 9.53 Å². The van der Waals surface area contributed by atoms with Gasteiger partial charge in [0.2, 0.25) is 0 Å². The van der Waals surface area contributed by atoms with Crippen LogP contribution in [-0.4, -0.2) is 36.2 Å². The van der Waals surface area contributed by atoms with Gasteiger partial charge in [0, 0.05) is 35.2 Å². The van der Waals surface area contributed by atoms with Gasteiger partial charge in [0.25, 0.3) is 0 Å². The summed E-state index contributed by atoms with van der Waals surface area (Å²) in [5.74, 6) is 0. The van der Waals surface area contributed by atoms with E-state index in [1.807, 2.05) is 26.8 Å². The quantitative estimate of drug-likeness (QED) is 0.849. The minimum absolute atomic E-state index is 0.0903. The molecule has 0 aromatic heterocycles. The number of ether oxygens (including phenoxy) is 1. The number of rotatable bonds is 1. The van der Waals surface area contributed by atoms with Gasteiger partial charge in [-0.3, -0.25) is 0 Å². The molecule has 1 aromatic carbocycles. The van der Waals surface area contributed by atoms with Crippen LogP contribution in [0.15, 0.2) is 18.2 Å². The predicted molar refractivity (Wildman–Crippen MR) is 85.0 cm³/mol. The van der Waals surface area contributed by atoms with E-state index in [2.05, 4.69) is 5.32 Å². The molecular weight excluding hydrogens is 311 g/mol. The van der Waals surface area contributed by atoms with E-state index >= 15 is 0 Å². The number of piperazine rings is 1. The zero-order chi connectivity index (χ0) is 15.6. The number of carbonyl (C=O) groups is 1. The highest BCUT2D eigenvalue weighted by Crippen LogP contribution is 2.31. The van der Waals surface area contributed by atoms with Gasteiger partial charge in [-0.15, -0.1) is 0 Å². The van der Waals surface area contributed by atoms with E-state index in [9.17, 15) is 4.79 Å². The summed E-state index contributed by atoms with van der Waals surface area (Å²) in [6, 6.07) is 5.32. The second kappa shape index (κ2) is 6.42. The Kier molecular flexibility index (Phi) is 5.02. The van der Waals surface area contributed by atoms with Gasteiger partial charge < -0.3 is 15.0 Å². The molecule has 1 N–H and O–H groups in total. The topological polar surface area (TPSA) is 41.6 Å². The average Bonchev–Trinajstić information content (AvgIpc) is 2.37. The normalized spacial score (nSPS) is 19.5. The van der Waals surface area contributed by atoms with Crippen molar-refractivity contribution in [2.45, 2.75) is 32.4 Å². The summed E-state index contributed by atoms with van der Waals surface area (Å²) >= 11 is 12.5. The molecule has 116 valence electrons. The highest BCUT2D eigenvalue weighted by Gasteiger charge is 2.29. The van der Waals surface area contributed by atoms with Crippen LogP contribution in [-0.2, 0) is 4.74 Å². The van der Waals surface area contributed by atoms with Crippen molar-refractivity contribution in [1.29, 1.82) is 0 Å². The largest absolute Gasteiger partial charge is 0.444 e. The standard InChI is InChI=1S/C15H20Cl2N2O2/c1-15(2,3)21-14(20)19-8-7-18-12(9-19)13-10(16)5-4-6-11(13)17/h4-6,12,18H,7-9H2,1-3H3. The van der Waals surface area contributed by atoms with Crippen molar-refractivity contribution in [2.24, 2.45) is 0 Å². The van der Waals surface area contributed by atoms with Crippen LogP contribution in [0, 0.1) is 0 Å². The molecular formula is C15H20Cl2N2O2. The molecule has 1 aromatic rings. The molecule has 1 fully saturated rings. The molecule has 0 spiro atoms. The second-order valence-electron chi connectivity index (χ2n) is 6.07. The van der Waals surface area contributed by atoms with Crippen molar-refractivity contribution in [3.8, 4) is 0 Å². The van der Waals surface area contributed by atoms with Gasteiger partial charge in [-0.1, -0.05) is 29.3 Å². The average molecular weight is 331 g/mol. The molecule has 1 aliphatic rings. The highest BCUT2D eigenvalue weighted by molar-refractivity contribution is 6.36. The van der Waals surface area contributed by atoms with Crippen molar-refractivity contribution in [2.75, 3.05) is 19.6 Å². The Morgan fingerprint density at radius 2 is 1.95 bits per heavy atom. The Hall–Kier alpha value is -0.970. The van der Waals surface area contributed by atoms with Gasteiger partial charge in [0.15, 0.2) is 0 Å². The maximum Gasteiger partial charge on any atom is 0.410 e. The first-order chi connectivity index (χ1) is 9.78. The van der Waals surface area contributed by atoms with Crippen LogP contribution in [0.3, 0.4) is 0 Å². The molecule has 4 nitrogen and oxygen atoms in total. The van der Waals surface area contributed by atoms with Crippen LogP contribution in [0.2, 0.25) is 10.0 Å². The molecule has 1 amide bonds. The van der Waals surface area contributed by atoms with Crippen LogP contribution >= 0.6 is 23.2 Å². The first-order valence-corrected chi connectivity index (χ1v) is 7.69. The number of hydrogen-bond acceptors (Lipinski definition) is 3. The van der Waals surface area contributed by atoms with E-state index in [0.29, 0.717) is 29.7 Å². The Balaban J connectivity index is 2.13. The monoisotopic (exact) mass is 330 g/mol. The van der Waals surface area contributed by atoms with Gasteiger partial charge in [0.1, 0.15) is 5.60 Å². The number of carbonyl (C=O) groups excluding carboxylic acids is 1. The van der Waals surface area contributed by atoms with E-state index < -0.39 is 5.60 Å². The van der Waals surface area contributed by atoms with Crippen molar-refractivity contribution in [3.63, 3.8) is 0 Å². The van der Waals surface area contributed by atoms with Crippen LogP contribution in [0.1, 0.15) is 32.4 Å². The molecule has 6 heteroatoms. The minimum Gasteiger partial charge on any atom is -0.444 e. The fraction of sp³-hybridized carbons (Fsp3) is 0.533. The van der Waals surface area contributed by atoms with E-state index in [-0.39, 0.29) is 12.1 Å². The summed E-state index contributed by atoms with van der Waals surface area (Å²) in [5, 5.41) is 4.55. The molecule has 21 heavy (non-hydrogen) atoms. The Morgan fingerprint density at radius 1 is 1.33 bits per heavy atom. The lowest BCUT2D eigenvalue weighted by atomic mass is 10.0. The Labute approximate surface area is 135 Å². The van der Waals surface area contributed by atoms with E-state index in [1.165, 1.54) is 0 Å². The minimum atomic E-state index is -0.501. The summed E-state index contributed by atoms with van der Waals surface area (Å²) in [7, 11) is 0. The number of nitrogens with one attached hydrogen (secondary N) is 1. The number of amides is 1. The van der Waals surface area contributed by atoms with Gasteiger partial charge in [-0.05, 0) is 32.9 Å². The molecule has 1 heterocycles. The number of benzene rings is 1. The third-order valence-electron chi connectivity index (χ3n) is 3.18. The number of halogens is 2. The number of nitrogens with zero attached hydrogens (tertiary/aromatic N) is 1. The zero-order valence-electron chi connectivity index (χ0n) is 12.5. The first-order valence-electron chi connectivity index (χ1n) is 6.93. The lowest BCUT2D eigenvalue weighted by molar-refractivity contribution is 0.0195. The molecule has 2 rings (SSSR count). The SMILES string of the molecule is CC(C)(C)OC(=O)N1CCNC(c2c(Cl)cccc2Cl)C1. The Bertz CT molecular complexity index is 509. The molecule has 1 aliphatic heterocycles. The fourth-order valence-electron chi connectivity index (χ4n) is 2.28. The molecule has 0 bridgehead atoms. The van der Waals surface area contributed by atoms with E-state index in [1.54, 1.807) is 17.0 Å². The van der Waals surface area contributed by atoms with Crippen LogP contribution in [0.5, 0.6) is 0 Å². The Morgan fingerprint density at radius 3 is 2.52 bits per heavy atom. The third kappa shape index (κ3) is 4.25. The lowest BCUT2D eigenvalue weighted by Gasteiger charge is -2.35. The smallest absolute Gasteiger partial charge is 0.410 e. The van der Waals surface area contributed by atoms with Crippen molar-refractivity contribution in [1.82, 2.24) is 10.2 Å². The van der Waals surface area contributed by atoms with E-state index in [4.69, 9.17) is 27.9 Å². The van der Waals surface area contributed by atoms with Gasteiger partial charge in [-0.25, -0.2) is 4.79 Å². The zero-order valence-corrected chi connectivity index (χ0v) is 14.0. The molecule has 0 saturated carbocycles. The number of hydrogen-bond donors (Lipinski definition) is 1. The predicted octanol–water partition coefficient (Wildman–Crippen LogP) is 3.87. The molecule has 1 unspecified atom stereocenters. The van der Waals surface area contributed by atoms with Crippen molar-refractivity contribution >= 4 is 29.3 Å². The van der Waals surface area contributed by atoms with Gasteiger partial charge in [-0.2, -0.15) is 0 Å². The molecule has 0 aliphatic carbocycles. The molecule has 0 radical (unpaired) electrons. The van der Waals surface area contributed by atoms with Gasteiger partial charge >= 0.3 is 6.09 Å². The molecule has 1 atom stereocenters. The van der Waals surface area contributed by atoms with Crippen LogP contribution < -0.4 is 5.32 Å². The van der Waals surface area contributed by atoms with Crippen molar-refractivity contribution in [3.05, 3.63) is 33.8 Å². The maximum atomic E-state index is 12.2. The van der Waals surface area contributed by atoms with Gasteiger partial charge in [0.05, 0.1) is 6.04 Å². The lowest BCUT2D eigenvalue weighted by Crippen LogP contribution is -2.49. The second-order valence-corrected chi connectivity index (χ2v) is 6.88. The summed E-state index contributed by atoms with van der Waals surface area (Å²) in [6.07, 6.45) is -0.308. The third-order valence-corrected chi connectivity index (χ3v) is 3.83. The van der Waals surface area contributed by atoms with Crippen LogP contribution in [0.4, 0.5) is 4.79 Å². The van der Waals surface area contributed by atoms with E-state index in [0.717, 1.165) is 5.56 Å². The highest BCUT2D eigenvalue weighted by atomic mass is 35.5. The maximum absolute atomic E-state index is 12.2. The van der Waals surface area contributed by atoms with Crippen LogP contribution in [0.25, 0.3) is 0 Å².